The molecule has 1 aromatic carbocycles. The summed E-state index contributed by atoms with van der Waals surface area (Å²) in [5.41, 5.74) is 1.12. The predicted molar refractivity (Wildman–Crippen MR) is 110 cm³/mol. The van der Waals surface area contributed by atoms with Crippen molar-refractivity contribution in [3.63, 3.8) is 0 Å². The van der Waals surface area contributed by atoms with Crippen LogP contribution < -0.4 is 5.32 Å². The van der Waals surface area contributed by atoms with Gasteiger partial charge in [0.25, 0.3) is 0 Å². The van der Waals surface area contributed by atoms with Gasteiger partial charge in [-0.15, -0.1) is 0 Å². The van der Waals surface area contributed by atoms with E-state index in [1.54, 1.807) is 31.9 Å². The number of benzene rings is 1. The summed E-state index contributed by atoms with van der Waals surface area (Å²) >= 11 is 3.49. The van der Waals surface area contributed by atoms with E-state index in [-0.39, 0.29) is 13.2 Å². The SMILES string of the molecule is CC(C)(C)OC(=O)NCC1c2c(Br)cnn2CCN1C(=O)OCc1ccccc1. The number of nitrogens with one attached hydrogen (secondary N) is 1. The largest absolute Gasteiger partial charge is 0.445 e. The van der Waals surface area contributed by atoms with Crippen molar-refractivity contribution in [2.24, 2.45) is 0 Å². The van der Waals surface area contributed by atoms with Crippen LogP contribution in [0.25, 0.3) is 0 Å². The Morgan fingerprint density at radius 2 is 1.97 bits per heavy atom. The first kappa shape index (κ1) is 21.2. The summed E-state index contributed by atoms with van der Waals surface area (Å²) < 4.78 is 13.4. The fraction of sp³-hybridized carbons (Fsp3) is 0.450. The second-order valence-electron chi connectivity index (χ2n) is 7.73. The number of fused-ring (bicyclic) bond motifs is 1. The van der Waals surface area contributed by atoms with Crippen LogP contribution in [0.4, 0.5) is 9.59 Å². The molecule has 156 valence electrons. The average Bonchev–Trinajstić information content (AvgIpc) is 3.05. The molecule has 1 N–H and O–H groups in total. The second-order valence-corrected chi connectivity index (χ2v) is 8.59. The Morgan fingerprint density at radius 1 is 1.24 bits per heavy atom. The lowest BCUT2D eigenvalue weighted by molar-refractivity contribution is 0.0460. The topological polar surface area (TPSA) is 85.7 Å². The van der Waals surface area contributed by atoms with Crippen molar-refractivity contribution in [2.75, 3.05) is 13.1 Å². The molecule has 1 aliphatic rings. The van der Waals surface area contributed by atoms with Crippen molar-refractivity contribution in [2.45, 2.75) is 45.6 Å². The van der Waals surface area contributed by atoms with Crippen molar-refractivity contribution in [3.05, 3.63) is 52.3 Å². The molecule has 0 radical (unpaired) electrons. The van der Waals surface area contributed by atoms with Crippen LogP contribution in [0, 0.1) is 0 Å². The van der Waals surface area contributed by atoms with Gasteiger partial charge in [-0.3, -0.25) is 9.58 Å². The molecular formula is C20H25BrN4O4. The molecule has 0 saturated heterocycles. The highest BCUT2D eigenvalue weighted by molar-refractivity contribution is 9.10. The van der Waals surface area contributed by atoms with Crippen molar-refractivity contribution < 1.29 is 19.1 Å². The highest BCUT2D eigenvalue weighted by Gasteiger charge is 2.35. The average molecular weight is 465 g/mol. The maximum atomic E-state index is 12.8. The minimum absolute atomic E-state index is 0.180. The summed E-state index contributed by atoms with van der Waals surface area (Å²) in [6, 6.07) is 9.07. The molecule has 1 atom stereocenters. The van der Waals surface area contributed by atoms with E-state index in [2.05, 4.69) is 26.3 Å². The molecule has 0 bridgehead atoms. The van der Waals surface area contributed by atoms with Gasteiger partial charge >= 0.3 is 12.2 Å². The predicted octanol–water partition coefficient (Wildman–Crippen LogP) is 3.86. The van der Waals surface area contributed by atoms with Crippen LogP contribution in [0.2, 0.25) is 0 Å². The van der Waals surface area contributed by atoms with Crippen LogP contribution in [0.1, 0.15) is 38.1 Å². The number of carbonyl (C=O) groups is 2. The van der Waals surface area contributed by atoms with Gasteiger partial charge in [0.15, 0.2) is 0 Å². The molecule has 2 aromatic rings. The van der Waals surface area contributed by atoms with E-state index in [9.17, 15) is 9.59 Å². The monoisotopic (exact) mass is 464 g/mol. The number of ether oxygens (including phenoxy) is 2. The number of nitrogens with zero attached hydrogens (tertiary/aromatic N) is 3. The zero-order chi connectivity index (χ0) is 21.0. The maximum Gasteiger partial charge on any atom is 0.410 e. The van der Waals surface area contributed by atoms with Gasteiger partial charge in [-0.25, -0.2) is 9.59 Å². The summed E-state index contributed by atoms with van der Waals surface area (Å²) in [5.74, 6) is 0. The normalized spacial score (nSPS) is 16.1. The Hall–Kier alpha value is -2.55. The van der Waals surface area contributed by atoms with E-state index in [0.717, 1.165) is 15.7 Å². The van der Waals surface area contributed by atoms with Crippen LogP contribution in [-0.2, 0) is 22.6 Å². The fourth-order valence-corrected chi connectivity index (χ4v) is 3.67. The van der Waals surface area contributed by atoms with Gasteiger partial charge in [-0.2, -0.15) is 5.10 Å². The minimum atomic E-state index is -0.604. The van der Waals surface area contributed by atoms with Crippen LogP contribution >= 0.6 is 15.9 Å². The van der Waals surface area contributed by atoms with Gasteiger partial charge in [0, 0.05) is 13.1 Å². The summed E-state index contributed by atoms with van der Waals surface area (Å²) in [6.45, 7) is 6.73. The number of carbonyl (C=O) groups excluding carboxylic acids is 2. The molecule has 0 spiro atoms. The molecule has 3 rings (SSSR count). The lowest BCUT2D eigenvalue weighted by atomic mass is 10.1. The van der Waals surface area contributed by atoms with Crippen molar-refractivity contribution >= 4 is 28.1 Å². The molecule has 8 nitrogen and oxygen atoms in total. The van der Waals surface area contributed by atoms with Crippen molar-refractivity contribution in [1.82, 2.24) is 20.0 Å². The molecule has 9 heteroatoms. The lowest BCUT2D eigenvalue weighted by Crippen LogP contribution is -2.47. The van der Waals surface area contributed by atoms with Crippen LogP contribution in [0.15, 0.2) is 41.0 Å². The number of alkyl carbamates (subject to hydrolysis) is 1. The lowest BCUT2D eigenvalue weighted by Gasteiger charge is -2.35. The van der Waals surface area contributed by atoms with Crippen molar-refractivity contribution in [1.29, 1.82) is 0 Å². The summed E-state index contributed by atoms with van der Waals surface area (Å²) in [7, 11) is 0. The third-order valence-electron chi connectivity index (χ3n) is 4.36. The van der Waals surface area contributed by atoms with Crippen LogP contribution in [0.3, 0.4) is 0 Å². The van der Waals surface area contributed by atoms with E-state index in [4.69, 9.17) is 9.47 Å². The molecule has 0 fully saturated rings. The highest BCUT2D eigenvalue weighted by atomic mass is 79.9. The van der Waals surface area contributed by atoms with E-state index in [0.29, 0.717) is 13.1 Å². The molecule has 1 aliphatic heterocycles. The van der Waals surface area contributed by atoms with E-state index >= 15 is 0 Å². The number of rotatable bonds is 4. The number of hydrogen-bond donors (Lipinski definition) is 1. The molecular weight excluding hydrogens is 440 g/mol. The first-order chi connectivity index (χ1) is 13.7. The number of aromatic nitrogens is 2. The minimum Gasteiger partial charge on any atom is -0.445 e. The summed E-state index contributed by atoms with van der Waals surface area (Å²) in [5, 5.41) is 7.08. The Morgan fingerprint density at radius 3 is 2.66 bits per heavy atom. The Labute approximate surface area is 178 Å². The number of halogens is 1. The Balaban J connectivity index is 1.71. The van der Waals surface area contributed by atoms with E-state index in [1.807, 2.05) is 35.0 Å². The molecule has 1 aromatic heterocycles. The fourth-order valence-electron chi connectivity index (χ4n) is 3.11. The number of hydrogen-bond acceptors (Lipinski definition) is 5. The zero-order valence-corrected chi connectivity index (χ0v) is 18.3. The molecule has 2 heterocycles. The van der Waals surface area contributed by atoms with Gasteiger partial charge in [-0.1, -0.05) is 30.3 Å². The molecule has 29 heavy (non-hydrogen) atoms. The van der Waals surface area contributed by atoms with E-state index in [1.165, 1.54) is 0 Å². The molecule has 1 unspecified atom stereocenters. The van der Waals surface area contributed by atoms with Crippen LogP contribution in [0.5, 0.6) is 0 Å². The van der Waals surface area contributed by atoms with Gasteiger partial charge in [0.2, 0.25) is 0 Å². The van der Waals surface area contributed by atoms with Gasteiger partial charge in [0.1, 0.15) is 12.2 Å². The Kier molecular flexibility index (Phi) is 6.46. The van der Waals surface area contributed by atoms with Gasteiger partial charge in [-0.05, 0) is 42.3 Å². The second kappa shape index (κ2) is 8.86. The first-order valence-electron chi connectivity index (χ1n) is 9.40. The van der Waals surface area contributed by atoms with Crippen molar-refractivity contribution in [3.8, 4) is 0 Å². The highest BCUT2D eigenvalue weighted by Crippen LogP contribution is 2.31. The molecule has 0 saturated carbocycles. The molecule has 0 aliphatic carbocycles. The van der Waals surface area contributed by atoms with Crippen LogP contribution in [-0.4, -0.2) is 45.6 Å². The quantitative estimate of drug-likeness (QED) is 0.741. The third kappa shape index (κ3) is 5.50. The molecule has 2 amide bonds. The van der Waals surface area contributed by atoms with Gasteiger partial charge < -0.3 is 14.8 Å². The zero-order valence-electron chi connectivity index (χ0n) is 16.7. The third-order valence-corrected chi connectivity index (χ3v) is 4.97. The Bertz CT molecular complexity index is 863. The van der Waals surface area contributed by atoms with E-state index < -0.39 is 23.8 Å². The summed E-state index contributed by atoms with van der Waals surface area (Å²) in [6.07, 6.45) is 0.710. The standard InChI is InChI=1S/C20H25BrN4O4/c1-20(2,3)29-18(26)22-12-16-17-15(21)11-23-25(17)10-9-24(16)19(27)28-13-14-7-5-4-6-8-14/h4-8,11,16H,9-10,12-13H2,1-3H3,(H,22,26). The first-order valence-corrected chi connectivity index (χ1v) is 10.2. The maximum absolute atomic E-state index is 12.8. The smallest absolute Gasteiger partial charge is 0.410 e. The van der Waals surface area contributed by atoms with Gasteiger partial charge in [0.05, 0.1) is 29.0 Å². The summed E-state index contributed by atoms with van der Waals surface area (Å²) in [4.78, 5) is 26.5. The number of amides is 2.